The maximum absolute atomic E-state index is 6.87. The predicted octanol–water partition coefficient (Wildman–Crippen LogP) is 17.6. The molecule has 8 heteroatoms. The molecular formula is C68H40N6O2. The Kier molecular flexibility index (Phi) is 9.17. The van der Waals surface area contributed by atoms with Gasteiger partial charge < -0.3 is 18.0 Å². The van der Waals surface area contributed by atoms with Crippen molar-refractivity contribution >= 4 is 87.5 Å². The maximum Gasteiger partial charge on any atom is 0.164 e. The maximum atomic E-state index is 6.87. The van der Waals surface area contributed by atoms with Crippen LogP contribution in [0.5, 0.6) is 0 Å². The number of rotatable bonds is 7. The molecule has 354 valence electrons. The minimum absolute atomic E-state index is 0.513. The Morgan fingerprint density at radius 2 is 0.724 bits per heavy atom. The molecule has 0 bridgehead atoms. The molecule has 6 aromatic heterocycles. The van der Waals surface area contributed by atoms with E-state index in [-0.39, 0.29) is 0 Å². The van der Waals surface area contributed by atoms with Crippen molar-refractivity contribution in [3.05, 3.63) is 243 Å². The number of para-hydroxylation sites is 4. The second-order valence-electron chi connectivity index (χ2n) is 19.3. The fourth-order valence-electron chi connectivity index (χ4n) is 11.8. The molecule has 0 spiro atoms. The summed E-state index contributed by atoms with van der Waals surface area (Å²) >= 11 is 0. The third-order valence-corrected chi connectivity index (χ3v) is 15.0. The first kappa shape index (κ1) is 42.1. The summed E-state index contributed by atoms with van der Waals surface area (Å²) in [5.41, 5.74) is 15.8. The van der Waals surface area contributed by atoms with Gasteiger partial charge in [0.05, 0.1) is 27.8 Å². The van der Waals surface area contributed by atoms with Crippen molar-refractivity contribution in [2.45, 2.75) is 0 Å². The first-order chi connectivity index (χ1) is 37.7. The third-order valence-electron chi connectivity index (χ3n) is 15.0. The highest BCUT2D eigenvalue weighted by Crippen LogP contribution is 2.48. The minimum Gasteiger partial charge on any atom is -0.456 e. The van der Waals surface area contributed by atoms with E-state index in [1.165, 1.54) is 0 Å². The first-order valence-corrected chi connectivity index (χ1v) is 25.5. The van der Waals surface area contributed by atoms with Crippen molar-refractivity contribution < 1.29 is 8.83 Å². The van der Waals surface area contributed by atoms with Gasteiger partial charge >= 0.3 is 0 Å². The molecule has 6 heterocycles. The molecule has 0 aliphatic carbocycles. The van der Waals surface area contributed by atoms with Gasteiger partial charge in [0.2, 0.25) is 0 Å². The fraction of sp³-hybridized carbons (Fsp3) is 0. The average molecular weight is 973 g/mol. The fourth-order valence-corrected chi connectivity index (χ4v) is 11.8. The Balaban J connectivity index is 1.01. The Hall–Kier alpha value is -10.4. The number of hydrogen-bond acceptors (Lipinski definition) is 6. The number of aromatic nitrogens is 6. The first-order valence-electron chi connectivity index (χ1n) is 25.5. The Morgan fingerprint density at radius 1 is 0.289 bits per heavy atom. The average Bonchev–Trinajstić information content (AvgIpc) is 4.38. The lowest BCUT2D eigenvalue weighted by atomic mass is 9.93. The van der Waals surface area contributed by atoms with Crippen LogP contribution in [0, 0.1) is 0 Å². The van der Waals surface area contributed by atoms with Crippen molar-refractivity contribution in [1.82, 2.24) is 29.1 Å². The van der Waals surface area contributed by atoms with Crippen LogP contribution in [-0.4, -0.2) is 29.1 Å². The molecule has 0 atom stereocenters. The molecule has 0 N–H and O–H groups in total. The topological polar surface area (TPSA) is 87.7 Å². The molecule has 0 aliphatic heterocycles. The lowest BCUT2D eigenvalue weighted by Crippen LogP contribution is -2.02. The molecule has 0 fully saturated rings. The number of nitrogens with zero attached hydrogens (tertiary/aromatic N) is 6. The number of benzene rings is 10. The predicted molar refractivity (Wildman–Crippen MR) is 308 cm³/mol. The van der Waals surface area contributed by atoms with Gasteiger partial charge in [0.1, 0.15) is 22.3 Å². The number of pyridine rings is 1. The van der Waals surface area contributed by atoms with E-state index in [0.717, 1.165) is 138 Å². The van der Waals surface area contributed by atoms with Gasteiger partial charge in [-0.25, -0.2) is 15.0 Å². The van der Waals surface area contributed by atoms with Gasteiger partial charge in [0.25, 0.3) is 0 Å². The minimum atomic E-state index is 0.513. The SMILES string of the molecule is c1ccc(-c2nc(-c3ccccc3)nc(-c3cc(-c4cccc5oc6ccc7c(c8ccccc8n7-c7ccccc7)c6c45)ncc3-c3cccc4oc5ccc6c(c7ccccc7n6-c6ccccc6)c5c34)n2)cc1. The van der Waals surface area contributed by atoms with Gasteiger partial charge in [-0.05, 0) is 84.4 Å². The summed E-state index contributed by atoms with van der Waals surface area (Å²) in [5, 5.41) is 8.54. The Morgan fingerprint density at radius 3 is 1.25 bits per heavy atom. The molecule has 8 nitrogen and oxygen atoms in total. The van der Waals surface area contributed by atoms with Crippen LogP contribution in [0.25, 0.3) is 155 Å². The van der Waals surface area contributed by atoms with Crippen molar-refractivity contribution in [3.63, 3.8) is 0 Å². The summed E-state index contributed by atoms with van der Waals surface area (Å²) < 4.78 is 18.4. The van der Waals surface area contributed by atoms with E-state index in [0.29, 0.717) is 17.5 Å². The van der Waals surface area contributed by atoms with E-state index in [9.17, 15) is 0 Å². The van der Waals surface area contributed by atoms with Gasteiger partial charge in [-0.2, -0.15) is 0 Å². The van der Waals surface area contributed by atoms with Crippen molar-refractivity contribution in [2.24, 2.45) is 0 Å². The van der Waals surface area contributed by atoms with E-state index in [1.807, 2.05) is 66.9 Å². The van der Waals surface area contributed by atoms with Crippen molar-refractivity contribution in [1.29, 1.82) is 0 Å². The van der Waals surface area contributed by atoms with Crippen LogP contribution in [0.1, 0.15) is 0 Å². The van der Waals surface area contributed by atoms with Crippen LogP contribution in [0.3, 0.4) is 0 Å². The van der Waals surface area contributed by atoms with Gasteiger partial charge in [0, 0.05) is 88.5 Å². The molecule has 0 amide bonds. The lowest BCUT2D eigenvalue weighted by Gasteiger charge is -2.15. The zero-order valence-corrected chi connectivity index (χ0v) is 40.6. The van der Waals surface area contributed by atoms with Crippen LogP contribution >= 0.6 is 0 Å². The van der Waals surface area contributed by atoms with Crippen LogP contribution < -0.4 is 0 Å². The van der Waals surface area contributed by atoms with E-state index in [1.54, 1.807) is 0 Å². The highest BCUT2D eigenvalue weighted by molar-refractivity contribution is 6.31. The van der Waals surface area contributed by atoms with Crippen LogP contribution in [0.15, 0.2) is 252 Å². The molecule has 16 aromatic rings. The van der Waals surface area contributed by atoms with Gasteiger partial charge in [-0.3, -0.25) is 4.98 Å². The number of hydrogen-bond donors (Lipinski definition) is 0. The van der Waals surface area contributed by atoms with Crippen molar-refractivity contribution in [3.8, 4) is 67.9 Å². The number of furan rings is 2. The zero-order chi connectivity index (χ0) is 49.8. The highest BCUT2D eigenvalue weighted by Gasteiger charge is 2.26. The molecule has 0 radical (unpaired) electrons. The Labute approximate surface area is 434 Å². The summed E-state index contributed by atoms with van der Waals surface area (Å²) in [7, 11) is 0. The standard InChI is InChI=1S/C68H40N6O2/c1-5-19-41(20-6-1)66-70-67(42-21-7-2-8-22-42)72-68(71-66)49-39-51(46-30-18-34-57-63(46)65-59(76-57)38-36-55-61(65)48-28-14-16-32-53(48)74(55)44-25-11-4-12-26-44)69-40-50(49)45-29-17-33-56-62(45)64-58(75-56)37-35-54-60(64)47-27-13-15-31-52(47)73(54)43-23-9-3-10-24-43/h1-40H. The summed E-state index contributed by atoms with van der Waals surface area (Å²) in [6.07, 6.45) is 2.00. The summed E-state index contributed by atoms with van der Waals surface area (Å²) in [4.78, 5) is 21.4. The van der Waals surface area contributed by atoms with Crippen LogP contribution in [0.2, 0.25) is 0 Å². The normalized spacial score (nSPS) is 11.9. The van der Waals surface area contributed by atoms with Crippen molar-refractivity contribution in [2.75, 3.05) is 0 Å². The number of fused-ring (bicyclic) bond motifs is 14. The second kappa shape index (κ2) is 16.5. The molecule has 76 heavy (non-hydrogen) atoms. The molecule has 0 saturated heterocycles. The van der Waals surface area contributed by atoms with Gasteiger partial charge in [-0.15, -0.1) is 0 Å². The summed E-state index contributed by atoms with van der Waals surface area (Å²) in [5.74, 6) is 1.65. The van der Waals surface area contributed by atoms with E-state index >= 15 is 0 Å². The lowest BCUT2D eigenvalue weighted by molar-refractivity contribution is 0.669. The van der Waals surface area contributed by atoms with E-state index in [2.05, 4.69) is 185 Å². The van der Waals surface area contributed by atoms with Crippen LogP contribution in [-0.2, 0) is 0 Å². The smallest absolute Gasteiger partial charge is 0.164 e. The van der Waals surface area contributed by atoms with E-state index in [4.69, 9.17) is 28.8 Å². The zero-order valence-electron chi connectivity index (χ0n) is 40.6. The van der Waals surface area contributed by atoms with E-state index < -0.39 is 0 Å². The molecule has 10 aromatic carbocycles. The van der Waals surface area contributed by atoms with Gasteiger partial charge in [-0.1, -0.05) is 158 Å². The quantitative estimate of drug-likeness (QED) is 0.158. The van der Waals surface area contributed by atoms with Crippen LogP contribution in [0.4, 0.5) is 0 Å². The molecule has 16 rings (SSSR count). The summed E-state index contributed by atoms with van der Waals surface area (Å²) in [6, 6.07) is 81.9. The summed E-state index contributed by atoms with van der Waals surface area (Å²) in [6.45, 7) is 0. The largest absolute Gasteiger partial charge is 0.456 e. The molecular weight excluding hydrogens is 933 g/mol. The second-order valence-corrected chi connectivity index (χ2v) is 19.3. The molecule has 0 aliphatic rings. The monoisotopic (exact) mass is 972 g/mol. The van der Waals surface area contributed by atoms with Gasteiger partial charge in [0.15, 0.2) is 17.5 Å². The Bertz CT molecular complexity index is 4920. The molecule has 0 saturated carbocycles. The molecule has 0 unspecified atom stereocenters. The third kappa shape index (κ3) is 6.31. The highest BCUT2D eigenvalue weighted by atomic mass is 16.3.